The van der Waals surface area contributed by atoms with Crippen molar-refractivity contribution in [2.45, 2.75) is 65.1 Å². The van der Waals surface area contributed by atoms with Crippen molar-refractivity contribution in [2.24, 2.45) is 0 Å². The zero-order valence-electron chi connectivity index (χ0n) is 13.2. The van der Waals surface area contributed by atoms with Gasteiger partial charge in [0.15, 0.2) is 0 Å². The standard InChI is InChI=1S/C15H23BFNO2/c1-7-10(2)12-8-11(9-13(17)18-12)16-19-14(3,4)15(5,6)20-16/h8-10H,7H2,1-6H3. The number of nitrogens with zero attached hydrogens (tertiary/aromatic N) is 1. The van der Waals surface area contributed by atoms with E-state index in [2.05, 4.69) is 11.9 Å². The lowest BCUT2D eigenvalue weighted by Gasteiger charge is -2.32. The van der Waals surface area contributed by atoms with E-state index < -0.39 is 24.3 Å². The molecular weight excluding hydrogens is 256 g/mol. The molecule has 3 nitrogen and oxygen atoms in total. The molecule has 1 aliphatic heterocycles. The SMILES string of the molecule is CCC(C)c1cc(B2OC(C)(C)C(C)(C)O2)cc(F)n1. The van der Waals surface area contributed by atoms with Gasteiger partial charge in [-0.2, -0.15) is 4.39 Å². The van der Waals surface area contributed by atoms with Gasteiger partial charge in [-0.05, 0) is 57.6 Å². The molecule has 1 atom stereocenters. The fraction of sp³-hybridized carbons (Fsp3) is 0.667. The number of pyridine rings is 1. The lowest BCUT2D eigenvalue weighted by Crippen LogP contribution is -2.41. The Balaban J connectivity index is 2.33. The fourth-order valence-electron chi connectivity index (χ4n) is 2.11. The van der Waals surface area contributed by atoms with Crippen molar-refractivity contribution in [1.82, 2.24) is 4.98 Å². The van der Waals surface area contributed by atoms with Gasteiger partial charge in [0.05, 0.1) is 11.2 Å². The molecule has 0 aromatic carbocycles. The molecule has 5 heteroatoms. The van der Waals surface area contributed by atoms with Crippen LogP contribution in [0.25, 0.3) is 0 Å². The molecule has 0 amide bonds. The molecule has 2 heterocycles. The Bertz CT molecular complexity index is 489. The highest BCUT2D eigenvalue weighted by Gasteiger charge is 2.51. The summed E-state index contributed by atoms with van der Waals surface area (Å²) < 4.78 is 25.7. The minimum Gasteiger partial charge on any atom is -0.399 e. The Labute approximate surface area is 121 Å². The number of aromatic nitrogens is 1. The fourth-order valence-corrected chi connectivity index (χ4v) is 2.11. The maximum Gasteiger partial charge on any atom is 0.495 e. The van der Waals surface area contributed by atoms with Crippen LogP contribution >= 0.6 is 0 Å². The van der Waals surface area contributed by atoms with Gasteiger partial charge in [0, 0.05) is 5.69 Å². The average molecular weight is 279 g/mol. The highest BCUT2D eigenvalue weighted by molar-refractivity contribution is 6.62. The smallest absolute Gasteiger partial charge is 0.399 e. The highest BCUT2D eigenvalue weighted by atomic mass is 19.1. The first-order chi connectivity index (χ1) is 9.16. The first-order valence-corrected chi connectivity index (χ1v) is 7.19. The summed E-state index contributed by atoms with van der Waals surface area (Å²) in [6.45, 7) is 12.0. The largest absolute Gasteiger partial charge is 0.495 e. The molecule has 1 aliphatic rings. The van der Waals surface area contributed by atoms with Crippen LogP contribution in [-0.2, 0) is 9.31 Å². The third-order valence-electron chi connectivity index (χ3n) is 4.48. The predicted molar refractivity (Wildman–Crippen MR) is 78.6 cm³/mol. The van der Waals surface area contributed by atoms with Gasteiger partial charge in [-0.25, -0.2) is 4.98 Å². The van der Waals surface area contributed by atoms with Gasteiger partial charge >= 0.3 is 7.12 Å². The third kappa shape index (κ3) is 2.74. The second-order valence-electron chi connectivity index (χ2n) is 6.55. The first-order valence-electron chi connectivity index (χ1n) is 7.19. The molecule has 0 aliphatic carbocycles. The number of rotatable bonds is 3. The van der Waals surface area contributed by atoms with Gasteiger partial charge in [-0.1, -0.05) is 13.8 Å². The Morgan fingerprint density at radius 2 is 1.75 bits per heavy atom. The number of hydrogen-bond donors (Lipinski definition) is 0. The second-order valence-corrected chi connectivity index (χ2v) is 6.55. The quantitative estimate of drug-likeness (QED) is 0.629. The predicted octanol–water partition coefficient (Wildman–Crippen LogP) is 3.03. The van der Waals surface area contributed by atoms with Crippen LogP contribution in [0.3, 0.4) is 0 Å². The molecule has 0 saturated carbocycles. The topological polar surface area (TPSA) is 31.4 Å². The molecule has 2 rings (SSSR count). The molecule has 0 bridgehead atoms. The van der Waals surface area contributed by atoms with Crippen LogP contribution in [-0.4, -0.2) is 23.3 Å². The molecule has 0 spiro atoms. The Morgan fingerprint density at radius 3 is 2.25 bits per heavy atom. The lowest BCUT2D eigenvalue weighted by molar-refractivity contribution is 0.00578. The maximum absolute atomic E-state index is 13.7. The average Bonchev–Trinajstić information content (AvgIpc) is 2.57. The van der Waals surface area contributed by atoms with E-state index >= 15 is 0 Å². The molecule has 1 saturated heterocycles. The van der Waals surface area contributed by atoms with Crippen molar-refractivity contribution in [1.29, 1.82) is 0 Å². The normalized spacial score (nSPS) is 22.1. The summed E-state index contributed by atoms with van der Waals surface area (Å²) in [5.41, 5.74) is 0.602. The molecular formula is C15H23BFNO2. The number of halogens is 1. The van der Waals surface area contributed by atoms with E-state index in [-0.39, 0.29) is 5.92 Å². The minimum atomic E-state index is -0.541. The molecule has 1 unspecified atom stereocenters. The molecule has 110 valence electrons. The van der Waals surface area contributed by atoms with Gasteiger partial charge in [-0.15, -0.1) is 0 Å². The lowest BCUT2D eigenvalue weighted by atomic mass is 9.78. The van der Waals surface area contributed by atoms with Gasteiger partial charge in [0.1, 0.15) is 0 Å². The van der Waals surface area contributed by atoms with E-state index in [0.717, 1.165) is 12.1 Å². The molecule has 20 heavy (non-hydrogen) atoms. The van der Waals surface area contributed by atoms with Gasteiger partial charge in [0.2, 0.25) is 5.95 Å². The van der Waals surface area contributed by atoms with E-state index in [9.17, 15) is 4.39 Å². The number of hydrogen-bond acceptors (Lipinski definition) is 3. The van der Waals surface area contributed by atoms with E-state index in [0.29, 0.717) is 5.46 Å². The second kappa shape index (κ2) is 5.12. The zero-order valence-corrected chi connectivity index (χ0v) is 13.2. The third-order valence-corrected chi connectivity index (χ3v) is 4.48. The van der Waals surface area contributed by atoms with E-state index in [1.54, 1.807) is 0 Å². The summed E-state index contributed by atoms with van der Waals surface area (Å²) in [5, 5.41) is 0. The monoisotopic (exact) mass is 279 g/mol. The van der Waals surface area contributed by atoms with Crippen molar-refractivity contribution in [3.63, 3.8) is 0 Å². The molecule has 1 aromatic heterocycles. The van der Waals surface area contributed by atoms with Crippen LogP contribution in [0.15, 0.2) is 12.1 Å². The molecule has 0 radical (unpaired) electrons. The first kappa shape index (κ1) is 15.5. The maximum atomic E-state index is 13.7. The van der Waals surface area contributed by atoms with Crippen LogP contribution in [0.2, 0.25) is 0 Å². The van der Waals surface area contributed by atoms with Gasteiger partial charge in [0.25, 0.3) is 0 Å². The van der Waals surface area contributed by atoms with Crippen molar-refractivity contribution >= 4 is 12.6 Å². The summed E-state index contributed by atoms with van der Waals surface area (Å²) in [7, 11) is -0.541. The molecule has 1 aromatic rings. The Kier molecular flexibility index (Phi) is 3.95. The molecule has 0 N–H and O–H groups in total. The Morgan fingerprint density at radius 1 is 1.20 bits per heavy atom. The summed E-state index contributed by atoms with van der Waals surface area (Å²) in [4.78, 5) is 3.97. The summed E-state index contributed by atoms with van der Waals surface area (Å²) in [6.07, 6.45) is 0.916. The van der Waals surface area contributed by atoms with E-state index in [4.69, 9.17) is 9.31 Å². The van der Waals surface area contributed by atoms with Crippen LogP contribution in [0.5, 0.6) is 0 Å². The van der Waals surface area contributed by atoms with Crippen molar-refractivity contribution in [3.05, 3.63) is 23.8 Å². The van der Waals surface area contributed by atoms with E-state index in [1.165, 1.54) is 6.07 Å². The van der Waals surface area contributed by atoms with Crippen LogP contribution in [0, 0.1) is 5.95 Å². The summed E-state index contributed by atoms with van der Waals surface area (Å²) >= 11 is 0. The minimum absolute atomic E-state index is 0.215. The van der Waals surface area contributed by atoms with Crippen LogP contribution < -0.4 is 5.46 Å². The summed E-state index contributed by atoms with van der Waals surface area (Å²) in [6, 6.07) is 3.29. The summed E-state index contributed by atoms with van der Waals surface area (Å²) in [5.74, 6) is -0.264. The van der Waals surface area contributed by atoms with Crippen LogP contribution in [0.1, 0.15) is 59.6 Å². The Hall–Kier alpha value is -0.935. The zero-order chi connectivity index (χ0) is 15.1. The van der Waals surface area contributed by atoms with Crippen molar-refractivity contribution in [3.8, 4) is 0 Å². The van der Waals surface area contributed by atoms with Crippen molar-refractivity contribution in [2.75, 3.05) is 0 Å². The molecule has 1 fully saturated rings. The highest BCUT2D eigenvalue weighted by Crippen LogP contribution is 2.36. The van der Waals surface area contributed by atoms with Gasteiger partial charge in [-0.3, -0.25) is 0 Å². The van der Waals surface area contributed by atoms with Crippen molar-refractivity contribution < 1.29 is 13.7 Å². The van der Waals surface area contributed by atoms with Crippen LogP contribution in [0.4, 0.5) is 4.39 Å². The van der Waals surface area contributed by atoms with Gasteiger partial charge < -0.3 is 9.31 Å². The van der Waals surface area contributed by atoms with E-state index in [1.807, 2.05) is 40.7 Å².